The molecular formula is C22H29BrN2O5S. The summed E-state index contributed by atoms with van der Waals surface area (Å²) in [7, 11) is 8.54. The van der Waals surface area contributed by atoms with E-state index in [1.165, 1.54) is 18.9 Å². The van der Waals surface area contributed by atoms with Crippen LogP contribution >= 0.6 is 28.7 Å². The number of ether oxygens (including phenoxy) is 3. The average molecular weight is 513 g/mol. The highest BCUT2D eigenvalue weighted by Crippen LogP contribution is 2.49. The van der Waals surface area contributed by atoms with Crippen molar-refractivity contribution in [2.24, 2.45) is 0 Å². The SMILES string of the molecule is Br.COc1cc(C2Sc3ccccc3N(CCN(C)C)C(=O)C2O)cc(OC)c1OC. The van der Waals surface area contributed by atoms with Gasteiger partial charge in [0.1, 0.15) is 6.10 Å². The number of hydrogen-bond donors (Lipinski definition) is 1. The molecule has 2 unspecified atom stereocenters. The van der Waals surface area contributed by atoms with Crippen molar-refractivity contribution >= 4 is 40.3 Å². The molecule has 2 aromatic carbocycles. The minimum Gasteiger partial charge on any atom is -0.493 e. The van der Waals surface area contributed by atoms with E-state index in [1.807, 2.05) is 43.3 Å². The molecule has 1 aliphatic rings. The molecule has 0 bridgehead atoms. The molecule has 0 fully saturated rings. The lowest BCUT2D eigenvalue weighted by Gasteiger charge is -2.26. The van der Waals surface area contributed by atoms with Crippen molar-refractivity contribution in [3.05, 3.63) is 42.0 Å². The van der Waals surface area contributed by atoms with E-state index in [1.54, 1.807) is 31.3 Å². The molecule has 0 aromatic heterocycles. The van der Waals surface area contributed by atoms with Crippen molar-refractivity contribution in [3.63, 3.8) is 0 Å². The number of fused-ring (bicyclic) bond motifs is 1. The number of methoxy groups -OCH3 is 3. The van der Waals surface area contributed by atoms with Gasteiger partial charge in [-0.1, -0.05) is 12.1 Å². The Balaban J connectivity index is 0.00000341. The van der Waals surface area contributed by atoms with E-state index in [-0.39, 0.29) is 22.9 Å². The fraction of sp³-hybridized carbons (Fsp3) is 0.409. The Labute approximate surface area is 198 Å². The topological polar surface area (TPSA) is 71.5 Å². The van der Waals surface area contributed by atoms with E-state index >= 15 is 0 Å². The largest absolute Gasteiger partial charge is 0.493 e. The van der Waals surface area contributed by atoms with Crippen LogP contribution in [-0.4, -0.2) is 70.5 Å². The molecule has 0 aliphatic carbocycles. The predicted octanol–water partition coefficient (Wildman–Crippen LogP) is 3.39. The minimum atomic E-state index is -1.23. The lowest BCUT2D eigenvalue weighted by atomic mass is 10.0. The van der Waals surface area contributed by atoms with Gasteiger partial charge in [-0.25, -0.2) is 0 Å². The van der Waals surface area contributed by atoms with Gasteiger partial charge in [-0.15, -0.1) is 28.7 Å². The first kappa shape index (κ1) is 25.3. The summed E-state index contributed by atoms with van der Waals surface area (Å²) in [6, 6.07) is 11.3. The quantitative estimate of drug-likeness (QED) is 0.609. The normalized spacial score (nSPS) is 18.2. The van der Waals surface area contributed by atoms with Gasteiger partial charge in [-0.2, -0.15) is 0 Å². The van der Waals surface area contributed by atoms with Crippen LogP contribution in [0.3, 0.4) is 0 Å². The molecule has 170 valence electrons. The van der Waals surface area contributed by atoms with Gasteiger partial charge < -0.3 is 29.1 Å². The Morgan fingerprint density at radius 3 is 2.23 bits per heavy atom. The summed E-state index contributed by atoms with van der Waals surface area (Å²) in [4.78, 5) is 17.9. The lowest BCUT2D eigenvalue weighted by Crippen LogP contribution is -2.43. The molecule has 31 heavy (non-hydrogen) atoms. The third kappa shape index (κ3) is 5.28. The van der Waals surface area contributed by atoms with Crippen LogP contribution in [0.1, 0.15) is 10.8 Å². The third-order valence-corrected chi connectivity index (χ3v) is 6.39. The van der Waals surface area contributed by atoms with Crippen molar-refractivity contribution in [1.82, 2.24) is 4.90 Å². The number of rotatable bonds is 7. The molecule has 1 heterocycles. The molecule has 0 saturated carbocycles. The second-order valence-electron chi connectivity index (χ2n) is 7.20. The van der Waals surface area contributed by atoms with Crippen LogP contribution in [0, 0.1) is 0 Å². The number of carbonyl (C=O) groups is 1. The fourth-order valence-electron chi connectivity index (χ4n) is 3.44. The number of hydrogen-bond acceptors (Lipinski definition) is 7. The third-order valence-electron chi connectivity index (χ3n) is 5.00. The number of likely N-dealkylation sites (N-methyl/N-ethyl adjacent to an activating group) is 1. The van der Waals surface area contributed by atoms with Crippen LogP contribution in [0.25, 0.3) is 0 Å². The number of benzene rings is 2. The Kier molecular flexibility index (Phi) is 9.05. The Bertz CT molecular complexity index is 886. The maximum absolute atomic E-state index is 13.3. The van der Waals surface area contributed by atoms with E-state index in [4.69, 9.17) is 14.2 Å². The van der Waals surface area contributed by atoms with Crippen LogP contribution in [0.2, 0.25) is 0 Å². The van der Waals surface area contributed by atoms with Crippen LogP contribution < -0.4 is 19.1 Å². The van der Waals surface area contributed by atoms with Crippen molar-refractivity contribution < 1.29 is 24.1 Å². The zero-order valence-corrected chi connectivity index (χ0v) is 20.9. The van der Waals surface area contributed by atoms with Crippen LogP contribution in [-0.2, 0) is 4.79 Å². The summed E-state index contributed by atoms with van der Waals surface area (Å²) in [6.45, 7) is 1.18. The number of amides is 1. The predicted molar refractivity (Wildman–Crippen MR) is 128 cm³/mol. The smallest absolute Gasteiger partial charge is 0.257 e. The molecule has 0 saturated heterocycles. The standard InChI is InChI=1S/C22H28N2O5S.BrH/c1-23(2)10-11-24-15-8-6-7-9-18(15)30-21(19(25)22(24)26)14-12-16(27-3)20(29-5)17(13-14)28-4;/h6-9,12-13,19,21,25H,10-11H2,1-5H3;1H. The molecular weight excluding hydrogens is 484 g/mol. The van der Waals surface area contributed by atoms with E-state index in [0.29, 0.717) is 30.3 Å². The zero-order chi connectivity index (χ0) is 21.8. The van der Waals surface area contributed by atoms with Gasteiger partial charge in [-0.05, 0) is 43.9 Å². The van der Waals surface area contributed by atoms with Gasteiger partial charge in [0, 0.05) is 18.0 Å². The molecule has 3 rings (SSSR count). The van der Waals surface area contributed by atoms with Gasteiger partial charge >= 0.3 is 0 Å². The molecule has 2 atom stereocenters. The van der Waals surface area contributed by atoms with Crippen molar-refractivity contribution in [2.75, 3.05) is 53.4 Å². The van der Waals surface area contributed by atoms with Gasteiger partial charge in [-0.3, -0.25) is 4.79 Å². The van der Waals surface area contributed by atoms with Crippen LogP contribution in [0.5, 0.6) is 17.2 Å². The van der Waals surface area contributed by atoms with Crippen molar-refractivity contribution in [1.29, 1.82) is 0 Å². The maximum Gasteiger partial charge on any atom is 0.257 e. The molecule has 2 aromatic rings. The zero-order valence-electron chi connectivity index (χ0n) is 18.3. The fourth-order valence-corrected chi connectivity index (χ4v) is 4.68. The molecule has 7 nitrogen and oxygen atoms in total. The van der Waals surface area contributed by atoms with Gasteiger partial charge in [0.15, 0.2) is 11.5 Å². The number of thioether (sulfide) groups is 1. The van der Waals surface area contributed by atoms with Crippen molar-refractivity contribution in [3.8, 4) is 17.2 Å². The number of aliphatic hydroxyl groups excluding tert-OH is 1. The second kappa shape index (κ2) is 11.1. The van der Waals surface area contributed by atoms with Gasteiger partial charge in [0.2, 0.25) is 5.75 Å². The molecule has 1 aliphatic heterocycles. The van der Waals surface area contributed by atoms with Gasteiger partial charge in [0.25, 0.3) is 5.91 Å². The molecule has 0 radical (unpaired) electrons. The molecule has 1 amide bonds. The lowest BCUT2D eigenvalue weighted by molar-refractivity contribution is -0.126. The number of nitrogens with zero attached hydrogens (tertiary/aromatic N) is 2. The van der Waals surface area contributed by atoms with E-state index in [2.05, 4.69) is 0 Å². The first-order valence-corrected chi connectivity index (χ1v) is 10.5. The summed E-state index contributed by atoms with van der Waals surface area (Å²) < 4.78 is 16.3. The van der Waals surface area contributed by atoms with Crippen LogP contribution in [0.4, 0.5) is 5.69 Å². The average Bonchev–Trinajstić information content (AvgIpc) is 2.86. The summed E-state index contributed by atoms with van der Waals surface area (Å²) in [5.74, 6) is 1.10. The number of halogens is 1. The number of aliphatic hydroxyl groups is 1. The van der Waals surface area contributed by atoms with E-state index in [9.17, 15) is 9.90 Å². The first-order chi connectivity index (χ1) is 14.4. The highest BCUT2D eigenvalue weighted by Gasteiger charge is 2.38. The molecule has 1 N–H and O–H groups in total. The maximum atomic E-state index is 13.3. The Morgan fingerprint density at radius 1 is 1.06 bits per heavy atom. The first-order valence-electron chi connectivity index (χ1n) is 9.61. The Morgan fingerprint density at radius 2 is 1.68 bits per heavy atom. The summed E-state index contributed by atoms with van der Waals surface area (Å²) in [5.41, 5.74) is 1.53. The van der Waals surface area contributed by atoms with Gasteiger partial charge in [0.05, 0.1) is 32.3 Å². The number of carbonyl (C=O) groups excluding carboxylic acids is 1. The Hall–Kier alpha value is -1.94. The van der Waals surface area contributed by atoms with Crippen LogP contribution in [0.15, 0.2) is 41.3 Å². The monoisotopic (exact) mass is 512 g/mol. The highest BCUT2D eigenvalue weighted by atomic mass is 79.9. The summed E-state index contributed by atoms with van der Waals surface area (Å²) >= 11 is 1.45. The summed E-state index contributed by atoms with van der Waals surface area (Å²) in [6.07, 6.45) is -1.23. The number of para-hydroxylation sites is 1. The van der Waals surface area contributed by atoms with E-state index < -0.39 is 11.4 Å². The molecule has 9 heteroatoms. The van der Waals surface area contributed by atoms with Crippen molar-refractivity contribution in [2.45, 2.75) is 16.2 Å². The second-order valence-corrected chi connectivity index (χ2v) is 8.39. The molecule has 0 spiro atoms. The van der Waals surface area contributed by atoms with E-state index in [0.717, 1.165) is 16.1 Å². The number of anilines is 1. The highest BCUT2D eigenvalue weighted by molar-refractivity contribution is 8.93. The minimum absolute atomic E-state index is 0. The summed E-state index contributed by atoms with van der Waals surface area (Å²) in [5, 5.41) is 10.6.